The standard InChI is InChI=1S/C7H7NO3.H2O4S/c8-4-1-2-6(9)5(3-4)7(10)11;1-5(2,3)4/h1-3,9H,8H2,(H,10,11);(H2,1,2,3,4). The minimum atomic E-state index is -4.67. The molecule has 1 rings (SSSR count). The third kappa shape index (κ3) is 6.59. The monoisotopic (exact) mass is 251 g/mol. The Kier molecular flexibility index (Phi) is 4.69. The van der Waals surface area contributed by atoms with Crippen LogP contribution in [0.3, 0.4) is 0 Å². The van der Waals surface area contributed by atoms with Gasteiger partial charge in [-0.2, -0.15) is 8.42 Å². The van der Waals surface area contributed by atoms with E-state index in [1.54, 1.807) is 0 Å². The number of carbonyl (C=O) groups is 1. The van der Waals surface area contributed by atoms with Gasteiger partial charge in [-0.1, -0.05) is 0 Å². The minimum Gasteiger partial charge on any atom is -0.507 e. The van der Waals surface area contributed by atoms with E-state index in [0.29, 0.717) is 5.69 Å². The van der Waals surface area contributed by atoms with E-state index < -0.39 is 16.4 Å². The van der Waals surface area contributed by atoms with Crippen molar-refractivity contribution in [3.63, 3.8) is 0 Å². The Bertz CT molecular complexity index is 474. The molecule has 0 amide bonds. The predicted molar refractivity (Wildman–Crippen MR) is 53.7 cm³/mol. The molecule has 0 aliphatic heterocycles. The van der Waals surface area contributed by atoms with Gasteiger partial charge in [0.15, 0.2) is 0 Å². The van der Waals surface area contributed by atoms with Crippen LogP contribution in [0, 0.1) is 0 Å². The number of hydrogen-bond donors (Lipinski definition) is 5. The van der Waals surface area contributed by atoms with Gasteiger partial charge in [-0.25, -0.2) is 4.79 Å². The summed E-state index contributed by atoms with van der Waals surface area (Å²) in [5, 5.41) is 17.4. The summed E-state index contributed by atoms with van der Waals surface area (Å²) in [6.07, 6.45) is 0. The van der Waals surface area contributed by atoms with Crippen molar-refractivity contribution >= 4 is 22.1 Å². The highest BCUT2D eigenvalue weighted by Gasteiger charge is 2.08. The normalized spacial score (nSPS) is 10.1. The molecule has 0 saturated carbocycles. The number of anilines is 1. The summed E-state index contributed by atoms with van der Waals surface area (Å²) in [7, 11) is -4.67. The fraction of sp³-hybridized carbons (Fsp3) is 0. The van der Waals surface area contributed by atoms with E-state index in [1.165, 1.54) is 18.2 Å². The lowest BCUT2D eigenvalue weighted by molar-refractivity contribution is 0.0693. The Balaban J connectivity index is 0.000000385. The van der Waals surface area contributed by atoms with E-state index in [4.69, 9.17) is 33.5 Å². The molecule has 6 N–H and O–H groups in total. The van der Waals surface area contributed by atoms with E-state index in [2.05, 4.69) is 0 Å². The summed E-state index contributed by atoms with van der Waals surface area (Å²) < 4.78 is 31.6. The number of rotatable bonds is 1. The molecule has 9 heteroatoms. The summed E-state index contributed by atoms with van der Waals surface area (Å²) >= 11 is 0. The van der Waals surface area contributed by atoms with Crippen molar-refractivity contribution in [3.05, 3.63) is 23.8 Å². The van der Waals surface area contributed by atoms with Crippen molar-refractivity contribution < 1.29 is 32.5 Å². The van der Waals surface area contributed by atoms with Crippen molar-refractivity contribution in [2.45, 2.75) is 0 Å². The molecule has 0 aromatic heterocycles. The molecule has 0 bridgehead atoms. The number of hydrogen-bond acceptors (Lipinski definition) is 5. The molecule has 0 fully saturated rings. The highest BCUT2D eigenvalue weighted by molar-refractivity contribution is 7.79. The lowest BCUT2D eigenvalue weighted by Gasteiger charge is -1.98. The smallest absolute Gasteiger partial charge is 0.394 e. The number of carboxylic acids is 1. The van der Waals surface area contributed by atoms with Crippen LogP contribution in [0.15, 0.2) is 18.2 Å². The molecule has 0 saturated heterocycles. The molecule has 16 heavy (non-hydrogen) atoms. The Morgan fingerprint density at radius 3 is 2.00 bits per heavy atom. The number of phenols is 1. The SMILES string of the molecule is Nc1ccc(O)c(C(=O)O)c1.O=S(=O)(O)O. The van der Waals surface area contributed by atoms with Gasteiger partial charge in [-0.05, 0) is 18.2 Å². The first-order valence-electron chi connectivity index (χ1n) is 3.63. The second kappa shape index (κ2) is 5.30. The number of nitrogens with two attached hydrogens (primary N) is 1. The van der Waals surface area contributed by atoms with Gasteiger partial charge < -0.3 is 15.9 Å². The zero-order valence-corrected chi connectivity index (χ0v) is 8.55. The van der Waals surface area contributed by atoms with Gasteiger partial charge in [-0.15, -0.1) is 0 Å². The maximum atomic E-state index is 10.4. The maximum absolute atomic E-state index is 10.4. The largest absolute Gasteiger partial charge is 0.507 e. The predicted octanol–water partition coefficient (Wildman–Crippen LogP) is 0.0198. The lowest BCUT2D eigenvalue weighted by atomic mass is 10.2. The van der Waals surface area contributed by atoms with Crippen LogP contribution in [-0.2, 0) is 10.4 Å². The highest BCUT2D eigenvalue weighted by Crippen LogP contribution is 2.18. The van der Waals surface area contributed by atoms with E-state index in [1.807, 2.05) is 0 Å². The number of aromatic hydroxyl groups is 1. The van der Waals surface area contributed by atoms with Gasteiger partial charge >= 0.3 is 16.4 Å². The van der Waals surface area contributed by atoms with E-state index in [-0.39, 0.29) is 11.3 Å². The summed E-state index contributed by atoms with van der Waals surface area (Å²) in [5.41, 5.74) is 5.43. The third-order valence-electron chi connectivity index (χ3n) is 1.25. The van der Waals surface area contributed by atoms with Crippen LogP contribution in [0.2, 0.25) is 0 Å². The third-order valence-corrected chi connectivity index (χ3v) is 1.25. The van der Waals surface area contributed by atoms with Crippen molar-refractivity contribution in [3.8, 4) is 5.75 Å². The topological polar surface area (TPSA) is 158 Å². The van der Waals surface area contributed by atoms with Gasteiger partial charge in [0, 0.05) is 5.69 Å². The Labute approximate surface area is 90.5 Å². The average Bonchev–Trinajstić information content (AvgIpc) is 2.06. The van der Waals surface area contributed by atoms with Crippen LogP contribution < -0.4 is 5.73 Å². The summed E-state index contributed by atoms with van der Waals surface area (Å²) in [5.74, 6) is -1.46. The molecular formula is C7H9NO7S. The van der Waals surface area contributed by atoms with Crippen LogP contribution >= 0.6 is 0 Å². The van der Waals surface area contributed by atoms with E-state index in [9.17, 15) is 4.79 Å². The first-order valence-corrected chi connectivity index (χ1v) is 5.02. The molecule has 1 aromatic rings. The first-order chi connectivity index (χ1) is 7.11. The Hall–Kier alpha value is -1.84. The van der Waals surface area contributed by atoms with Crippen LogP contribution in [0.25, 0.3) is 0 Å². The molecule has 0 atom stereocenters. The number of benzene rings is 1. The molecule has 0 radical (unpaired) electrons. The molecule has 0 unspecified atom stereocenters. The Morgan fingerprint density at radius 2 is 1.69 bits per heavy atom. The van der Waals surface area contributed by atoms with Gasteiger partial charge in [0.2, 0.25) is 0 Å². The molecule has 8 nitrogen and oxygen atoms in total. The van der Waals surface area contributed by atoms with Gasteiger partial charge in [0.1, 0.15) is 11.3 Å². The van der Waals surface area contributed by atoms with Gasteiger partial charge in [-0.3, -0.25) is 9.11 Å². The number of nitrogen functional groups attached to an aromatic ring is 1. The van der Waals surface area contributed by atoms with Crippen LogP contribution in [0.1, 0.15) is 10.4 Å². The van der Waals surface area contributed by atoms with Crippen molar-refractivity contribution in [1.82, 2.24) is 0 Å². The fourth-order valence-electron chi connectivity index (χ4n) is 0.725. The number of carboxylic acid groups (broad SMARTS) is 1. The molecule has 1 aromatic carbocycles. The van der Waals surface area contributed by atoms with E-state index >= 15 is 0 Å². The van der Waals surface area contributed by atoms with Crippen molar-refractivity contribution in [2.24, 2.45) is 0 Å². The quantitative estimate of drug-likeness (QED) is 0.265. The van der Waals surface area contributed by atoms with Crippen LogP contribution in [0.4, 0.5) is 5.69 Å². The molecular weight excluding hydrogens is 242 g/mol. The van der Waals surface area contributed by atoms with Gasteiger partial charge in [0.05, 0.1) is 0 Å². The molecule has 0 heterocycles. The van der Waals surface area contributed by atoms with Crippen LogP contribution in [0.5, 0.6) is 5.75 Å². The summed E-state index contributed by atoms with van der Waals surface area (Å²) in [6, 6.07) is 3.89. The average molecular weight is 251 g/mol. The zero-order chi connectivity index (χ0) is 12.9. The van der Waals surface area contributed by atoms with E-state index in [0.717, 1.165) is 0 Å². The lowest BCUT2D eigenvalue weighted by Crippen LogP contribution is -1.97. The Morgan fingerprint density at radius 1 is 1.25 bits per heavy atom. The maximum Gasteiger partial charge on any atom is 0.394 e. The zero-order valence-electron chi connectivity index (χ0n) is 7.73. The van der Waals surface area contributed by atoms with Crippen molar-refractivity contribution in [1.29, 1.82) is 0 Å². The minimum absolute atomic E-state index is 0.176. The summed E-state index contributed by atoms with van der Waals surface area (Å²) in [6.45, 7) is 0. The second-order valence-corrected chi connectivity index (χ2v) is 3.43. The van der Waals surface area contributed by atoms with Gasteiger partial charge in [0.25, 0.3) is 0 Å². The molecule has 0 aliphatic rings. The van der Waals surface area contributed by atoms with Crippen molar-refractivity contribution in [2.75, 3.05) is 5.73 Å². The molecule has 90 valence electrons. The first kappa shape index (κ1) is 14.2. The highest BCUT2D eigenvalue weighted by atomic mass is 32.3. The van der Waals surface area contributed by atoms with Crippen LogP contribution in [-0.4, -0.2) is 33.7 Å². The molecule has 0 aliphatic carbocycles. The fourth-order valence-corrected chi connectivity index (χ4v) is 0.725. The number of aromatic carboxylic acids is 1. The second-order valence-electron chi connectivity index (χ2n) is 2.53. The summed E-state index contributed by atoms with van der Waals surface area (Å²) in [4.78, 5) is 10.4. The molecule has 0 spiro atoms.